The highest BCUT2D eigenvalue weighted by molar-refractivity contribution is 8.01. The Bertz CT molecular complexity index is 871. The summed E-state index contributed by atoms with van der Waals surface area (Å²) in [5, 5.41) is 2.74. The third kappa shape index (κ3) is 3.64. The quantitative estimate of drug-likeness (QED) is 0.794. The molecule has 0 bridgehead atoms. The Balaban J connectivity index is 2.11. The van der Waals surface area contributed by atoms with Gasteiger partial charge in [-0.25, -0.2) is 4.39 Å². The van der Waals surface area contributed by atoms with Crippen molar-refractivity contribution in [3.05, 3.63) is 59.4 Å². The second kappa shape index (κ2) is 7.60. The van der Waals surface area contributed by atoms with Crippen LogP contribution in [0, 0.1) is 12.7 Å². The zero-order valence-corrected chi connectivity index (χ0v) is 16.1. The number of methoxy groups -OCH3 is 2. The number of rotatable bonds is 5. The molecule has 3 rings (SSSR count). The number of carbonyl (C=O) groups excluding carboxylic acids is 2. The number of nitrogens with one attached hydrogen (secondary N) is 1. The van der Waals surface area contributed by atoms with Crippen molar-refractivity contribution in [1.82, 2.24) is 5.32 Å². The topological polar surface area (TPSA) is 64.6 Å². The third-order valence-corrected chi connectivity index (χ3v) is 5.98. The molecule has 1 amide bonds. The van der Waals surface area contributed by atoms with Gasteiger partial charge in [0.1, 0.15) is 11.6 Å². The van der Waals surface area contributed by atoms with Gasteiger partial charge in [-0.3, -0.25) is 9.59 Å². The fourth-order valence-electron chi connectivity index (χ4n) is 3.18. The second-order valence-corrected chi connectivity index (χ2v) is 7.76. The van der Waals surface area contributed by atoms with Crippen LogP contribution in [0.1, 0.15) is 23.6 Å². The predicted molar refractivity (Wildman–Crippen MR) is 100 cm³/mol. The molecule has 1 saturated heterocycles. The summed E-state index contributed by atoms with van der Waals surface area (Å²) in [7, 11) is 2.74. The minimum Gasteiger partial charge on any atom is -0.497 e. The van der Waals surface area contributed by atoms with Crippen LogP contribution in [-0.2, 0) is 14.3 Å². The number of carbonyl (C=O) groups is 2. The van der Waals surface area contributed by atoms with Gasteiger partial charge < -0.3 is 14.8 Å². The molecule has 0 radical (unpaired) electrons. The van der Waals surface area contributed by atoms with Crippen LogP contribution in [0.2, 0.25) is 0 Å². The molecule has 27 heavy (non-hydrogen) atoms. The summed E-state index contributed by atoms with van der Waals surface area (Å²) in [6.45, 7) is 1.96. The van der Waals surface area contributed by atoms with E-state index >= 15 is 0 Å². The molecule has 1 aliphatic rings. The molecule has 0 aliphatic carbocycles. The van der Waals surface area contributed by atoms with Crippen LogP contribution >= 0.6 is 11.8 Å². The number of amides is 1. The van der Waals surface area contributed by atoms with Gasteiger partial charge in [0.15, 0.2) is 4.75 Å². The molecule has 0 aromatic heterocycles. The molecule has 1 unspecified atom stereocenters. The lowest BCUT2D eigenvalue weighted by Gasteiger charge is -2.31. The molecule has 1 heterocycles. The first kappa shape index (κ1) is 19.2. The third-order valence-electron chi connectivity index (χ3n) is 4.56. The summed E-state index contributed by atoms with van der Waals surface area (Å²) >= 11 is 1.20. The number of hydrogen-bond donors (Lipinski definition) is 1. The van der Waals surface area contributed by atoms with Gasteiger partial charge in [0.2, 0.25) is 5.91 Å². The smallest absolute Gasteiger partial charge is 0.325 e. The van der Waals surface area contributed by atoms with Gasteiger partial charge in [-0.2, -0.15) is 0 Å². The maximum atomic E-state index is 14.6. The number of halogens is 1. The van der Waals surface area contributed by atoms with Gasteiger partial charge in [0, 0.05) is 10.5 Å². The van der Waals surface area contributed by atoms with E-state index in [1.165, 1.54) is 44.2 Å². The molecule has 1 N–H and O–H groups in total. The molecule has 1 aliphatic heterocycles. The predicted octanol–water partition coefficient (Wildman–Crippen LogP) is 3.41. The SMILES string of the molecule is COC(=O)[C@@]1(Sc2ccc(C)cc2)CC(=O)NC1c1cc(OC)ccc1F. The monoisotopic (exact) mass is 389 g/mol. The van der Waals surface area contributed by atoms with Gasteiger partial charge >= 0.3 is 5.97 Å². The Morgan fingerprint density at radius 3 is 2.56 bits per heavy atom. The van der Waals surface area contributed by atoms with Crippen LogP contribution in [-0.4, -0.2) is 30.8 Å². The van der Waals surface area contributed by atoms with E-state index in [1.54, 1.807) is 0 Å². The van der Waals surface area contributed by atoms with E-state index in [1.807, 2.05) is 31.2 Å². The lowest BCUT2D eigenvalue weighted by atomic mass is 9.92. The first-order valence-electron chi connectivity index (χ1n) is 8.36. The largest absolute Gasteiger partial charge is 0.497 e. The minimum absolute atomic E-state index is 0.112. The second-order valence-electron chi connectivity index (χ2n) is 6.36. The molecule has 2 aromatic carbocycles. The number of hydrogen-bond acceptors (Lipinski definition) is 5. The normalized spacial score (nSPS) is 21.6. The summed E-state index contributed by atoms with van der Waals surface area (Å²) < 4.78 is 23.5. The lowest BCUT2D eigenvalue weighted by molar-refractivity contribution is -0.144. The highest BCUT2D eigenvalue weighted by Crippen LogP contribution is 2.49. The number of esters is 1. The molecule has 2 aromatic rings. The van der Waals surface area contributed by atoms with Crippen LogP contribution in [0.5, 0.6) is 5.75 Å². The van der Waals surface area contributed by atoms with Crippen LogP contribution in [0.25, 0.3) is 0 Å². The summed E-state index contributed by atoms with van der Waals surface area (Å²) in [6.07, 6.45) is -0.112. The highest BCUT2D eigenvalue weighted by Gasteiger charge is 2.56. The summed E-state index contributed by atoms with van der Waals surface area (Å²) in [5.41, 5.74) is 1.26. The average molecular weight is 389 g/mol. The minimum atomic E-state index is -1.33. The number of ether oxygens (including phenoxy) is 2. The zero-order valence-electron chi connectivity index (χ0n) is 15.2. The van der Waals surface area contributed by atoms with E-state index in [0.717, 1.165) is 10.5 Å². The molecule has 1 fully saturated rings. The summed E-state index contributed by atoms with van der Waals surface area (Å²) in [6, 6.07) is 10.9. The summed E-state index contributed by atoms with van der Waals surface area (Å²) in [5.74, 6) is -1.02. The average Bonchev–Trinajstić information content (AvgIpc) is 3.00. The number of benzene rings is 2. The molecule has 2 atom stereocenters. The van der Waals surface area contributed by atoms with Gasteiger partial charge in [0.25, 0.3) is 0 Å². The Labute approximate surface area is 161 Å². The first-order valence-corrected chi connectivity index (χ1v) is 9.18. The van der Waals surface area contributed by atoms with Gasteiger partial charge in [-0.15, -0.1) is 11.8 Å². The molecular formula is C20H20FNO4S. The van der Waals surface area contributed by atoms with Crippen molar-refractivity contribution in [1.29, 1.82) is 0 Å². The molecule has 7 heteroatoms. The number of thioether (sulfide) groups is 1. The van der Waals surface area contributed by atoms with Crippen LogP contribution in [0.3, 0.4) is 0 Å². The Morgan fingerprint density at radius 1 is 1.22 bits per heavy atom. The van der Waals surface area contributed by atoms with Crippen molar-refractivity contribution in [2.45, 2.75) is 29.0 Å². The maximum Gasteiger partial charge on any atom is 0.325 e. The van der Waals surface area contributed by atoms with Crippen molar-refractivity contribution < 1.29 is 23.5 Å². The Morgan fingerprint density at radius 2 is 1.93 bits per heavy atom. The van der Waals surface area contributed by atoms with Crippen LogP contribution in [0.15, 0.2) is 47.4 Å². The van der Waals surface area contributed by atoms with E-state index in [-0.39, 0.29) is 17.9 Å². The zero-order chi connectivity index (χ0) is 19.6. The number of aryl methyl sites for hydroxylation is 1. The molecule has 142 valence electrons. The fourth-order valence-corrected chi connectivity index (χ4v) is 4.55. The van der Waals surface area contributed by atoms with E-state index in [9.17, 15) is 14.0 Å². The van der Waals surface area contributed by atoms with E-state index in [0.29, 0.717) is 5.75 Å². The Hall–Kier alpha value is -2.54. The maximum absolute atomic E-state index is 14.6. The van der Waals surface area contributed by atoms with Crippen molar-refractivity contribution in [2.75, 3.05) is 14.2 Å². The van der Waals surface area contributed by atoms with E-state index in [2.05, 4.69) is 5.32 Å². The molecular weight excluding hydrogens is 369 g/mol. The standard InChI is InChI=1S/C20H20FNO4S/c1-12-4-7-14(8-5-12)27-20(19(24)26-3)11-17(23)22-18(20)15-10-13(25-2)6-9-16(15)21/h4-10,18H,11H2,1-3H3,(H,22,23)/t18?,20-/m1/s1. The van der Waals surface area contributed by atoms with Gasteiger partial charge in [-0.1, -0.05) is 17.7 Å². The van der Waals surface area contributed by atoms with E-state index < -0.39 is 22.6 Å². The Kier molecular flexibility index (Phi) is 5.41. The first-order chi connectivity index (χ1) is 12.9. The fraction of sp³-hybridized carbons (Fsp3) is 0.300. The summed E-state index contributed by atoms with van der Waals surface area (Å²) in [4.78, 5) is 25.9. The molecule has 0 saturated carbocycles. The van der Waals surface area contributed by atoms with Crippen molar-refractivity contribution in [2.24, 2.45) is 0 Å². The highest BCUT2D eigenvalue weighted by atomic mass is 32.2. The van der Waals surface area contributed by atoms with Gasteiger partial charge in [0.05, 0.1) is 26.7 Å². The molecule has 5 nitrogen and oxygen atoms in total. The van der Waals surface area contributed by atoms with Crippen LogP contribution < -0.4 is 10.1 Å². The molecule has 0 spiro atoms. The van der Waals surface area contributed by atoms with Crippen molar-refractivity contribution in [3.63, 3.8) is 0 Å². The van der Waals surface area contributed by atoms with Crippen molar-refractivity contribution >= 4 is 23.6 Å². The van der Waals surface area contributed by atoms with Crippen LogP contribution in [0.4, 0.5) is 4.39 Å². The van der Waals surface area contributed by atoms with E-state index in [4.69, 9.17) is 9.47 Å². The lowest BCUT2D eigenvalue weighted by Crippen LogP contribution is -2.41. The van der Waals surface area contributed by atoms with Gasteiger partial charge in [-0.05, 0) is 37.3 Å². The van der Waals surface area contributed by atoms with Crippen molar-refractivity contribution in [3.8, 4) is 5.75 Å².